The van der Waals surface area contributed by atoms with E-state index in [4.69, 9.17) is 9.84 Å². The van der Waals surface area contributed by atoms with E-state index in [1.165, 1.54) is 19.2 Å². The summed E-state index contributed by atoms with van der Waals surface area (Å²) >= 11 is 0. The highest BCUT2D eigenvalue weighted by molar-refractivity contribution is 6.07. The Morgan fingerprint density at radius 3 is 2.39 bits per heavy atom. The van der Waals surface area contributed by atoms with Crippen LogP contribution < -0.4 is 10.1 Å². The number of aromatic hydroxyl groups is 1. The maximum absolute atomic E-state index is 12.4. The van der Waals surface area contributed by atoms with Crippen LogP contribution in [0.5, 0.6) is 11.5 Å². The average Bonchev–Trinajstić information content (AvgIpc) is 2.50. The molecule has 0 heterocycles. The third-order valence-electron chi connectivity index (χ3n) is 3.45. The minimum Gasteiger partial charge on any atom is -0.507 e. The fourth-order valence-electron chi connectivity index (χ4n) is 2.32. The maximum atomic E-state index is 12.4. The standard InChI is InChI=1S/C17H17NO5/c1-9-5-4-6-12(15(9)23-3)16(20)18-11-7-10(2)14(19)13(8-11)17(21)22/h4-8,19H,1-3H3,(H,18,20)(H,21,22). The summed E-state index contributed by atoms with van der Waals surface area (Å²) in [6.45, 7) is 3.38. The van der Waals surface area contributed by atoms with Gasteiger partial charge in [-0.2, -0.15) is 0 Å². The van der Waals surface area contributed by atoms with E-state index in [-0.39, 0.29) is 17.0 Å². The number of anilines is 1. The molecule has 0 aromatic heterocycles. The molecule has 23 heavy (non-hydrogen) atoms. The Kier molecular flexibility index (Phi) is 4.55. The first-order valence-corrected chi connectivity index (χ1v) is 6.87. The number of benzene rings is 2. The van der Waals surface area contributed by atoms with Crippen molar-refractivity contribution in [2.24, 2.45) is 0 Å². The van der Waals surface area contributed by atoms with E-state index >= 15 is 0 Å². The van der Waals surface area contributed by atoms with Crippen LogP contribution >= 0.6 is 0 Å². The second kappa shape index (κ2) is 6.39. The largest absolute Gasteiger partial charge is 0.507 e. The van der Waals surface area contributed by atoms with E-state index in [0.717, 1.165) is 5.56 Å². The number of aryl methyl sites for hydroxylation is 2. The van der Waals surface area contributed by atoms with Gasteiger partial charge >= 0.3 is 5.97 Å². The van der Waals surface area contributed by atoms with Crippen molar-refractivity contribution in [2.45, 2.75) is 13.8 Å². The number of carbonyl (C=O) groups excluding carboxylic acids is 1. The molecule has 0 fully saturated rings. The van der Waals surface area contributed by atoms with Gasteiger partial charge in [0.05, 0.1) is 12.7 Å². The Morgan fingerprint density at radius 2 is 1.78 bits per heavy atom. The van der Waals surface area contributed by atoms with Crippen molar-refractivity contribution in [3.63, 3.8) is 0 Å². The lowest BCUT2D eigenvalue weighted by molar-refractivity contribution is 0.0693. The highest BCUT2D eigenvalue weighted by Gasteiger charge is 2.17. The van der Waals surface area contributed by atoms with E-state index in [2.05, 4.69) is 5.32 Å². The van der Waals surface area contributed by atoms with Gasteiger partial charge in [0.15, 0.2) is 0 Å². The average molecular weight is 315 g/mol. The van der Waals surface area contributed by atoms with Crippen LogP contribution in [-0.4, -0.2) is 29.2 Å². The van der Waals surface area contributed by atoms with E-state index in [1.807, 2.05) is 13.0 Å². The number of carboxylic acids is 1. The van der Waals surface area contributed by atoms with E-state index in [9.17, 15) is 14.7 Å². The number of hydrogen-bond donors (Lipinski definition) is 3. The molecule has 0 saturated heterocycles. The van der Waals surface area contributed by atoms with Gasteiger partial charge in [0.1, 0.15) is 17.1 Å². The predicted octanol–water partition coefficient (Wildman–Crippen LogP) is 2.97. The van der Waals surface area contributed by atoms with Crippen molar-refractivity contribution in [2.75, 3.05) is 12.4 Å². The van der Waals surface area contributed by atoms with Gasteiger partial charge in [-0.05, 0) is 43.2 Å². The fourth-order valence-corrected chi connectivity index (χ4v) is 2.32. The number of aromatic carboxylic acids is 1. The van der Waals surface area contributed by atoms with Crippen LogP contribution in [0.1, 0.15) is 31.8 Å². The Balaban J connectivity index is 2.38. The van der Waals surface area contributed by atoms with Crippen molar-refractivity contribution < 1.29 is 24.5 Å². The monoisotopic (exact) mass is 315 g/mol. The zero-order valence-electron chi connectivity index (χ0n) is 13.0. The molecular formula is C17H17NO5. The van der Waals surface area contributed by atoms with Gasteiger partial charge in [-0.15, -0.1) is 0 Å². The topological polar surface area (TPSA) is 95.9 Å². The molecule has 1 amide bonds. The maximum Gasteiger partial charge on any atom is 0.339 e. The lowest BCUT2D eigenvalue weighted by atomic mass is 10.1. The third-order valence-corrected chi connectivity index (χ3v) is 3.45. The lowest BCUT2D eigenvalue weighted by Crippen LogP contribution is -2.14. The minimum atomic E-state index is -1.27. The van der Waals surface area contributed by atoms with Crippen molar-refractivity contribution in [1.82, 2.24) is 0 Å². The molecule has 2 rings (SSSR count). The quantitative estimate of drug-likeness (QED) is 0.754. The second-order valence-corrected chi connectivity index (χ2v) is 5.10. The smallest absolute Gasteiger partial charge is 0.339 e. The summed E-state index contributed by atoms with van der Waals surface area (Å²) in [7, 11) is 1.48. The summed E-state index contributed by atoms with van der Waals surface area (Å²) in [6.07, 6.45) is 0. The molecule has 0 bridgehead atoms. The lowest BCUT2D eigenvalue weighted by Gasteiger charge is -2.13. The number of ether oxygens (including phenoxy) is 1. The summed E-state index contributed by atoms with van der Waals surface area (Å²) in [4.78, 5) is 23.6. The highest BCUT2D eigenvalue weighted by Crippen LogP contribution is 2.28. The molecular weight excluding hydrogens is 298 g/mol. The molecule has 0 unspecified atom stereocenters. The Hall–Kier alpha value is -3.02. The number of rotatable bonds is 4. The number of para-hydroxylation sites is 1. The first-order valence-electron chi connectivity index (χ1n) is 6.87. The fraction of sp³-hybridized carbons (Fsp3) is 0.176. The van der Waals surface area contributed by atoms with Gasteiger partial charge in [0.25, 0.3) is 5.91 Å². The van der Waals surface area contributed by atoms with Crippen LogP contribution in [0, 0.1) is 13.8 Å². The Morgan fingerprint density at radius 1 is 1.09 bits per heavy atom. The van der Waals surface area contributed by atoms with Gasteiger partial charge in [0, 0.05) is 5.69 Å². The molecule has 6 heteroatoms. The summed E-state index contributed by atoms with van der Waals surface area (Å²) < 4.78 is 5.24. The Labute approximate surface area is 133 Å². The van der Waals surface area contributed by atoms with E-state index in [0.29, 0.717) is 16.9 Å². The van der Waals surface area contributed by atoms with Crippen LogP contribution in [0.2, 0.25) is 0 Å². The second-order valence-electron chi connectivity index (χ2n) is 5.10. The van der Waals surface area contributed by atoms with Crippen LogP contribution in [0.3, 0.4) is 0 Å². The normalized spacial score (nSPS) is 10.2. The summed E-state index contributed by atoms with van der Waals surface area (Å²) in [6, 6.07) is 7.89. The molecule has 2 aromatic rings. The number of methoxy groups -OCH3 is 1. The third kappa shape index (κ3) is 3.26. The molecule has 3 N–H and O–H groups in total. The zero-order valence-corrected chi connectivity index (χ0v) is 13.0. The van der Waals surface area contributed by atoms with Crippen LogP contribution in [0.15, 0.2) is 30.3 Å². The Bertz CT molecular complexity index is 783. The number of phenols is 1. The number of nitrogens with one attached hydrogen (secondary N) is 1. The molecule has 0 radical (unpaired) electrons. The van der Waals surface area contributed by atoms with Gasteiger partial charge in [-0.1, -0.05) is 12.1 Å². The van der Waals surface area contributed by atoms with Crippen molar-refractivity contribution in [3.8, 4) is 11.5 Å². The van der Waals surface area contributed by atoms with Crippen LogP contribution in [-0.2, 0) is 0 Å². The SMILES string of the molecule is COc1c(C)cccc1C(=O)Nc1cc(C)c(O)c(C(=O)O)c1. The molecule has 120 valence electrons. The number of amides is 1. The summed E-state index contributed by atoms with van der Waals surface area (Å²) in [5.41, 5.74) is 1.53. The van der Waals surface area contributed by atoms with Crippen molar-refractivity contribution in [1.29, 1.82) is 0 Å². The molecule has 0 aliphatic carbocycles. The highest BCUT2D eigenvalue weighted by atomic mass is 16.5. The summed E-state index contributed by atoms with van der Waals surface area (Å²) in [5, 5.41) is 21.5. The minimum absolute atomic E-state index is 0.267. The van der Waals surface area contributed by atoms with Gasteiger partial charge in [0.2, 0.25) is 0 Å². The molecule has 0 aliphatic rings. The zero-order chi connectivity index (χ0) is 17.1. The van der Waals surface area contributed by atoms with Gasteiger partial charge in [-0.25, -0.2) is 4.79 Å². The molecule has 2 aromatic carbocycles. The van der Waals surface area contributed by atoms with Crippen molar-refractivity contribution >= 4 is 17.6 Å². The van der Waals surface area contributed by atoms with Crippen LogP contribution in [0.4, 0.5) is 5.69 Å². The number of carboxylic acid groups (broad SMARTS) is 1. The predicted molar refractivity (Wildman–Crippen MR) is 85.5 cm³/mol. The van der Waals surface area contributed by atoms with E-state index < -0.39 is 11.9 Å². The number of hydrogen-bond acceptors (Lipinski definition) is 4. The first-order chi connectivity index (χ1) is 10.8. The first kappa shape index (κ1) is 16.4. The molecule has 0 atom stereocenters. The van der Waals surface area contributed by atoms with Gasteiger partial charge < -0.3 is 20.3 Å². The molecule has 0 spiro atoms. The summed E-state index contributed by atoms with van der Waals surface area (Å²) in [5.74, 6) is -1.55. The molecule has 0 aliphatic heterocycles. The van der Waals surface area contributed by atoms with Crippen LogP contribution in [0.25, 0.3) is 0 Å². The van der Waals surface area contributed by atoms with Gasteiger partial charge in [-0.3, -0.25) is 4.79 Å². The van der Waals surface area contributed by atoms with Crippen molar-refractivity contribution in [3.05, 3.63) is 52.6 Å². The molecule has 0 saturated carbocycles. The number of carbonyl (C=O) groups is 2. The van der Waals surface area contributed by atoms with E-state index in [1.54, 1.807) is 19.1 Å². The molecule has 6 nitrogen and oxygen atoms in total.